The predicted octanol–water partition coefficient (Wildman–Crippen LogP) is 6.11. The number of benzene rings is 3. The van der Waals surface area contributed by atoms with Crippen LogP contribution in [0.4, 0.5) is 5.69 Å². The Hall–Kier alpha value is -2.23. The molecule has 0 radical (unpaired) electrons. The van der Waals surface area contributed by atoms with Gasteiger partial charge in [-0.2, -0.15) is 0 Å². The molecule has 4 nitrogen and oxygen atoms in total. The van der Waals surface area contributed by atoms with Crippen LogP contribution in [0.15, 0.2) is 95.7 Å². The van der Waals surface area contributed by atoms with E-state index in [0.29, 0.717) is 0 Å². The topological polar surface area (TPSA) is 22.1 Å². The monoisotopic (exact) mass is 406 g/mol. The van der Waals surface area contributed by atoms with Crippen molar-refractivity contribution in [2.45, 2.75) is 6.04 Å². The van der Waals surface area contributed by atoms with Crippen LogP contribution >= 0.6 is 7.51 Å². The Kier molecular flexibility index (Phi) is 7.05. The minimum absolute atomic E-state index is 0.0861. The van der Waals surface area contributed by atoms with Crippen LogP contribution in [0, 0.1) is 0 Å². The first kappa shape index (κ1) is 21.5. The summed E-state index contributed by atoms with van der Waals surface area (Å²) in [4.78, 5) is 0. The molecule has 0 aliphatic carbocycles. The van der Waals surface area contributed by atoms with Gasteiger partial charge in [-0.25, -0.2) is 9.42 Å². The molecule has 0 heterocycles. The molecule has 152 valence electrons. The van der Waals surface area contributed by atoms with Gasteiger partial charge in [0, 0.05) is 0 Å². The summed E-state index contributed by atoms with van der Waals surface area (Å²) < 4.78 is 12.4. The second-order valence-electron chi connectivity index (χ2n) is 7.46. The molecule has 5 heteroatoms. The highest BCUT2D eigenvalue weighted by Crippen LogP contribution is 2.61. The van der Waals surface area contributed by atoms with E-state index in [1.165, 1.54) is 11.1 Å². The van der Waals surface area contributed by atoms with Gasteiger partial charge in [-0.05, 0) is 58.5 Å². The van der Waals surface area contributed by atoms with Crippen molar-refractivity contribution >= 4 is 13.2 Å². The molecule has 0 spiro atoms. The average Bonchev–Trinajstić information content (AvgIpc) is 2.74. The molecule has 0 fully saturated rings. The van der Waals surface area contributed by atoms with E-state index in [-0.39, 0.29) is 6.04 Å². The van der Waals surface area contributed by atoms with Crippen molar-refractivity contribution in [2.75, 3.05) is 35.2 Å². The molecule has 0 aliphatic heterocycles. The molecule has 0 aliphatic rings. The van der Waals surface area contributed by atoms with Gasteiger partial charge >= 0.3 is 0 Å². The summed E-state index contributed by atoms with van der Waals surface area (Å²) in [6, 6.07) is 31.8. The fraction of sp³-hybridized carbons (Fsp3) is 0.250. The maximum Gasteiger partial charge on any atom is 0.172 e. The molecule has 0 bridgehead atoms. The highest BCUT2D eigenvalue weighted by atomic mass is 31.2. The van der Waals surface area contributed by atoms with Crippen molar-refractivity contribution < 1.29 is 0 Å². The Balaban J connectivity index is 2.24. The summed E-state index contributed by atoms with van der Waals surface area (Å²) in [7, 11) is 8.50. The quantitative estimate of drug-likeness (QED) is 0.442. The van der Waals surface area contributed by atoms with Crippen molar-refractivity contribution in [1.29, 1.82) is 0 Å². The van der Waals surface area contributed by atoms with Gasteiger partial charge < -0.3 is 0 Å². The zero-order valence-corrected chi connectivity index (χ0v) is 18.9. The second kappa shape index (κ2) is 9.51. The van der Waals surface area contributed by atoms with Crippen LogP contribution in [0.3, 0.4) is 0 Å². The molecule has 0 saturated carbocycles. The molecule has 3 aromatic rings. The summed E-state index contributed by atoms with van der Waals surface area (Å²) >= 11 is 0. The molecule has 0 aromatic heterocycles. The van der Waals surface area contributed by atoms with Crippen molar-refractivity contribution in [3.63, 3.8) is 0 Å². The van der Waals surface area contributed by atoms with Crippen LogP contribution in [0.1, 0.15) is 17.2 Å². The molecule has 0 saturated heterocycles. The maximum atomic E-state index is 5.35. The zero-order valence-electron chi connectivity index (χ0n) is 18.0. The summed E-state index contributed by atoms with van der Waals surface area (Å²) in [5.74, 6) is 0. The number of rotatable bonds is 7. The average molecular weight is 407 g/mol. The fourth-order valence-corrected chi connectivity index (χ4v) is 7.23. The van der Waals surface area contributed by atoms with Gasteiger partial charge in [0.15, 0.2) is 7.51 Å². The van der Waals surface area contributed by atoms with E-state index in [1.807, 2.05) is 18.2 Å². The van der Waals surface area contributed by atoms with E-state index in [1.54, 1.807) is 0 Å². The van der Waals surface area contributed by atoms with E-state index in [0.717, 1.165) is 5.69 Å². The third kappa shape index (κ3) is 4.52. The summed E-state index contributed by atoms with van der Waals surface area (Å²) in [5.41, 5.74) is 3.52. The van der Waals surface area contributed by atoms with Crippen molar-refractivity contribution in [1.82, 2.24) is 14.0 Å². The molecule has 3 aromatic carbocycles. The Morgan fingerprint density at radius 1 is 0.586 bits per heavy atom. The minimum atomic E-state index is -2.22. The number of hydrogen-bond acceptors (Lipinski definition) is 1. The minimum Gasteiger partial charge on any atom is -0.252 e. The van der Waals surface area contributed by atoms with Gasteiger partial charge in [0.25, 0.3) is 0 Å². The predicted molar refractivity (Wildman–Crippen MR) is 125 cm³/mol. The summed E-state index contributed by atoms with van der Waals surface area (Å²) in [6.07, 6.45) is 0. The molecule has 29 heavy (non-hydrogen) atoms. The first-order valence-corrected chi connectivity index (χ1v) is 11.4. The Morgan fingerprint density at radius 2 is 0.966 bits per heavy atom. The molecule has 0 amide bonds. The third-order valence-corrected chi connectivity index (χ3v) is 8.83. The number of hydrogen-bond donors (Lipinski definition) is 0. The third-order valence-electron chi connectivity index (χ3n) is 5.11. The van der Waals surface area contributed by atoms with Crippen molar-refractivity contribution in [3.05, 3.63) is 102 Å². The fourth-order valence-electron chi connectivity index (χ4n) is 3.87. The van der Waals surface area contributed by atoms with Gasteiger partial charge in [-0.3, -0.25) is 9.34 Å². The van der Waals surface area contributed by atoms with Crippen LogP contribution in [0.2, 0.25) is 0 Å². The maximum absolute atomic E-state index is 5.35. The zero-order chi connectivity index (χ0) is 20.9. The lowest BCUT2D eigenvalue weighted by atomic mass is 9.99. The van der Waals surface area contributed by atoms with Gasteiger partial charge in [0.05, 0.1) is 11.7 Å². The Labute approximate surface area is 175 Å². The smallest absolute Gasteiger partial charge is 0.172 e. The molecule has 0 atom stereocenters. The van der Waals surface area contributed by atoms with Gasteiger partial charge in [-0.1, -0.05) is 78.9 Å². The SMILES string of the molecule is CN(C)P(=Nc1ccccc1)(N(C)C)N(C)C(c1ccccc1)c1ccccc1. The highest BCUT2D eigenvalue weighted by Gasteiger charge is 2.36. The highest BCUT2D eigenvalue weighted by molar-refractivity contribution is 7.59. The second-order valence-corrected chi connectivity index (χ2v) is 11.0. The lowest BCUT2D eigenvalue weighted by Gasteiger charge is -2.46. The van der Waals surface area contributed by atoms with Crippen molar-refractivity contribution in [2.24, 2.45) is 4.74 Å². The Morgan fingerprint density at radius 3 is 1.34 bits per heavy atom. The van der Waals surface area contributed by atoms with Crippen LogP contribution < -0.4 is 0 Å². The summed E-state index contributed by atoms with van der Waals surface area (Å²) in [5, 5.41) is 0. The van der Waals surface area contributed by atoms with Crippen LogP contribution in [0.5, 0.6) is 0 Å². The van der Waals surface area contributed by atoms with Gasteiger partial charge in [0.2, 0.25) is 0 Å². The van der Waals surface area contributed by atoms with Crippen molar-refractivity contribution in [3.8, 4) is 0 Å². The first-order valence-electron chi connectivity index (χ1n) is 9.83. The standard InChI is InChI=1S/C24H31N4P/c1-26(2)29(27(3)4,25-23-19-13-8-14-20-23)28(5)24(21-15-9-6-10-16-21)22-17-11-7-12-18-22/h6-20,24H,1-5H3. The van der Waals surface area contributed by atoms with E-state index in [2.05, 4.69) is 122 Å². The van der Waals surface area contributed by atoms with E-state index in [4.69, 9.17) is 4.74 Å². The molecular formula is C24H31N4P. The van der Waals surface area contributed by atoms with Gasteiger partial charge in [-0.15, -0.1) is 0 Å². The Bertz CT molecular complexity index is 889. The lowest BCUT2D eigenvalue weighted by Crippen LogP contribution is -2.35. The van der Waals surface area contributed by atoms with E-state index in [9.17, 15) is 0 Å². The van der Waals surface area contributed by atoms with E-state index < -0.39 is 7.51 Å². The normalized spacial score (nSPS) is 12.2. The largest absolute Gasteiger partial charge is 0.252 e. The number of nitrogens with zero attached hydrogens (tertiary/aromatic N) is 4. The van der Waals surface area contributed by atoms with E-state index >= 15 is 0 Å². The van der Waals surface area contributed by atoms with Gasteiger partial charge in [0.1, 0.15) is 0 Å². The van der Waals surface area contributed by atoms with Crippen LogP contribution in [-0.2, 0) is 0 Å². The van der Waals surface area contributed by atoms with Crippen LogP contribution in [-0.4, -0.2) is 49.2 Å². The molecule has 0 unspecified atom stereocenters. The first-order chi connectivity index (χ1) is 14.0. The molecule has 0 N–H and O–H groups in total. The molecule has 3 rings (SSSR count). The summed E-state index contributed by atoms with van der Waals surface area (Å²) in [6.45, 7) is 0. The molecular weight excluding hydrogens is 375 g/mol. The lowest BCUT2D eigenvalue weighted by molar-refractivity contribution is 0.385. The van der Waals surface area contributed by atoms with Crippen LogP contribution in [0.25, 0.3) is 0 Å².